The summed E-state index contributed by atoms with van der Waals surface area (Å²) in [4.78, 5) is 4.57. The van der Waals surface area contributed by atoms with Crippen molar-refractivity contribution in [3.05, 3.63) is 77.0 Å². The molecule has 0 amide bonds. The van der Waals surface area contributed by atoms with Gasteiger partial charge in [-0.3, -0.25) is 4.98 Å². The second kappa shape index (κ2) is 10.6. The summed E-state index contributed by atoms with van der Waals surface area (Å²) >= 11 is 7.78. The van der Waals surface area contributed by atoms with Gasteiger partial charge in [0.15, 0.2) is 0 Å². The summed E-state index contributed by atoms with van der Waals surface area (Å²) < 4.78 is 14.1. The van der Waals surface area contributed by atoms with Gasteiger partial charge in [-0.25, -0.2) is 4.09 Å². The van der Waals surface area contributed by atoms with Crippen molar-refractivity contribution >= 4 is 45.7 Å². The lowest BCUT2D eigenvalue weighted by atomic mass is 10.1. The predicted octanol–water partition coefficient (Wildman–Crippen LogP) is 6.31. The van der Waals surface area contributed by atoms with E-state index in [0.717, 1.165) is 50.9 Å². The summed E-state index contributed by atoms with van der Waals surface area (Å²) in [6, 6.07) is 17.4. The van der Waals surface area contributed by atoms with E-state index in [9.17, 15) is 5.26 Å². The van der Waals surface area contributed by atoms with E-state index >= 15 is 0 Å². The summed E-state index contributed by atoms with van der Waals surface area (Å²) in [7, 11) is 0. The number of halogens is 1. The SMILES string of the molecule is C=Cc1c(C#N)cccc1OCCCCOc1ccccc1-c1cc2c(Br)nn(S)c2cn1. The lowest BCUT2D eigenvalue weighted by molar-refractivity contribution is 0.266. The van der Waals surface area contributed by atoms with E-state index in [1.165, 1.54) is 4.09 Å². The molecule has 0 spiro atoms. The number of hydrogen-bond donors (Lipinski definition) is 1. The normalized spacial score (nSPS) is 10.7. The minimum Gasteiger partial charge on any atom is -0.493 e. The monoisotopic (exact) mass is 520 g/mol. The summed E-state index contributed by atoms with van der Waals surface area (Å²) in [6.07, 6.45) is 5.04. The Morgan fingerprint density at radius 1 is 1.09 bits per heavy atom. The molecule has 2 heterocycles. The number of fused-ring (bicyclic) bond motifs is 1. The van der Waals surface area contributed by atoms with Crippen LogP contribution in [0, 0.1) is 11.3 Å². The Morgan fingerprint density at radius 2 is 1.82 bits per heavy atom. The van der Waals surface area contributed by atoms with Gasteiger partial charge < -0.3 is 9.47 Å². The van der Waals surface area contributed by atoms with Crippen molar-refractivity contribution in [1.29, 1.82) is 5.26 Å². The Balaban J connectivity index is 1.36. The standard InChI is InChI=1S/C25H21BrN4O2S/c1-2-18-17(15-27)8-7-11-23(18)31-12-5-6-13-32-24-10-4-3-9-19(24)21-14-20-22(16-28-21)30(33)29-25(20)26/h2-4,7-11,14,16,33H,1,5-6,12-13H2. The fraction of sp³-hybridized carbons (Fsp3) is 0.160. The van der Waals surface area contributed by atoms with Crippen LogP contribution in [0.15, 0.2) is 65.9 Å². The number of benzene rings is 2. The molecule has 0 atom stereocenters. The number of para-hydroxylation sites is 1. The van der Waals surface area contributed by atoms with Crippen molar-refractivity contribution in [2.75, 3.05) is 13.2 Å². The highest BCUT2D eigenvalue weighted by molar-refractivity contribution is 9.10. The molecular weight excluding hydrogens is 500 g/mol. The topological polar surface area (TPSA) is 73.0 Å². The van der Waals surface area contributed by atoms with Gasteiger partial charge in [0, 0.05) is 16.5 Å². The maximum atomic E-state index is 9.21. The molecule has 2 aromatic heterocycles. The van der Waals surface area contributed by atoms with E-state index in [4.69, 9.17) is 9.47 Å². The zero-order valence-corrected chi connectivity index (χ0v) is 20.2. The zero-order valence-electron chi connectivity index (χ0n) is 17.7. The van der Waals surface area contributed by atoms with E-state index in [1.54, 1.807) is 18.3 Å². The van der Waals surface area contributed by atoms with Gasteiger partial charge in [-0.15, -0.1) is 0 Å². The molecule has 4 rings (SSSR count). The summed E-state index contributed by atoms with van der Waals surface area (Å²) in [5.74, 6) is 1.45. The number of thiol groups is 1. The highest BCUT2D eigenvalue weighted by Crippen LogP contribution is 2.32. The molecule has 0 radical (unpaired) electrons. The zero-order chi connectivity index (χ0) is 23.2. The number of rotatable bonds is 9. The molecule has 0 aliphatic carbocycles. The van der Waals surface area contributed by atoms with Crippen LogP contribution in [0.1, 0.15) is 24.0 Å². The molecule has 0 saturated heterocycles. The fourth-order valence-corrected chi connectivity index (χ4v) is 4.31. The van der Waals surface area contributed by atoms with Gasteiger partial charge in [-0.05, 0) is 71.9 Å². The van der Waals surface area contributed by atoms with Crippen molar-refractivity contribution < 1.29 is 9.47 Å². The number of aromatic nitrogens is 3. The van der Waals surface area contributed by atoms with Crippen LogP contribution in [0.3, 0.4) is 0 Å². The maximum Gasteiger partial charge on any atom is 0.137 e. The highest BCUT2D eigenvalue weighted by Gasteiger charge is 2.12. The van der Waals surface area contributed by atoms with E-state index in [2.05, 4.69) is 51.5 Å². The molecule has 6 nitrogen and oxygen atoms in total. The van der Waals surface area contributed by atoms with Crippen LogP contribution < -0.4 is 9.47 Å². The second-order valence-corrected chi connectivity index (χ2v) is 8.33. The van der Waals surface area contributed by atoms with Crippen LogP contribution in [-0.4, -0.2) is 27.4 Å². The van der Waals surface area contributed by atoms with E-state index in [-0.39, 0.29) is 0 Å². The molecule has 0 N–H and O–H groups in total. The third-order valence-electron chi connectivity index (χ3n) is 5.11. The molecule has 0 aliphatic heterocycles. The lowest BCUT2D eigenvalue weighted by Crippen LogP contribution is -2.04. The molecule has 0 bridgehead atoms. The van der Waals surface area contributed by atoms with Crippen molar-refractivity contribution in [3.63, 3.8) is 0 Å². The Morgan fingerprint density at radius 3 is 2.58 bits per heavy atom. The first-order valence-electron chi connectivity index (χ1n) is 10.4. The number of nitrogens with zero attached hydrogens (tertiary/aromatic N) is 4. The predicted molar refractivity (Wildman–Crippen MR) is 137 cm³/mol. The number of hydrogen-bond acceptors (Lipinski definition) is 6. The average Bonchev–Trinajstić information content (AvgIpc) is 3.13. The van der Waals surface area contributed by atoms with Gasteiger partial charge in [0.25, 0.3) is 0 Å². The number of pyridine rings is 1. The first-order chi connectivity index (χ1) is 16.1. The Hall–Kier alpha value is -3.28. The minimum atomic E-state index is 0.528. The fourth-order valence-electron chi connectivity index (χ4n) is 3.46. The maximum absolute atomic E-state index is 9.21. The lowest BCUT2D eigenvalue weighted by Gasteiger charge is -2.12. The van der Waals surface area contributed by atoms with Gasteiger partial charge in [0.2, 0.25) is 0 Å². The van der Waals surface area contributed by atoms with Crippen molar-refractivity contribution in [2.45, 2.75) is 12.8 Å². The van der Waals surface area contributed by atoms with Crippen LogP contribution in [0.4, 0.5) is 0 Å². The molecule has 0 aliphatic rings. The Kier molecular flexibility index (Phi) is 7.33. The molecule has 0 saturated carbocycles. The van der Waals surface area contributed by atoms with Crippen LogP contribution in [0.25, 0.3) is 28.2 Å². The molecule has 166 valence electrons. The smallest absolute Gasteiger partial charge is 0.137 e. The van der Waals surface area contributed by atoms with E-state index in [1.807, 2.05) is 42.5 Å². The van der Waals surface area contributed by atoms with Crippen LogP contribution in [0.5, 0.6) is 11.5 Å². The summed E-state index contributed by atoms with van der Waals surface area (Å²) in [5, 5.41) is 14.4. The first-order valence-corrected chi connectivity index (χ1v) is 11.6. The van der Waals surface area contributed by atoms with Gasteiger partial charge in [0.1, 0.15) is 21.6 Å². The van der Waals surface area contributed by atoms with Gasteiger partial charge >= 0.3 is 0 Å². The molecular formula is C25H21BrN4O2S. The van der Waals surface area contributed by atoms with Gasteiger partial charge in [-0.1, -0.05) is 30.9 Å². The Labute approximate surface area is 206 Å². The molecule has 8 heteroatoms. The Bertz CT molecular complexity index is 1350. The quantitative estimate of drug-likeness (QED) is 0.207. The van der Waals surface area contributed by atoms with Crippen LogP contribution in [0.2, 0.25) is 0 Å². The molecule has 0 fully saturated rings. The molecule has 4 aromatic rings. The number of nitriles is 1. The third-order valence-corrected chi connectivity index (χ3v) is 6.00. The van der Waals surface area contributed by atoms with E-state index in [0.29, 0.717) is 24.5 Å². The third kappa shape index (κ3) is 5.05. The summed E-state index contributed by atoms with van der Waals surface area (Å²) in [6.45, 7) is 4.86. The van der Waals surface area contributed by atoms with Crippen LogP contribution in [-0.2, 0) is 0 Å². The van der Waals surface area contributed by atoms with E-state index < -0.39 is 0 Å². The number of unbranched alkanes of at least 4 members (excludes halogenated alkanes) is 1. The summed E-state index contributed by atoms with van der Waals surface area (Å²) in [5.41, 5.74) is 3.83. The molecule has 0 unspecified atom stereocenters. The minimum absolute atomic E-state index is 0.528. The number of ether oxygens (including phenoxy) is 2. The first kappa shape index (κ1) is 22.9. The van der Waals surface area contributed by atoms with Crippen molar-refractivity contribution in [1.82, 2.24) is 14.2 Å². The van der Waals surface area contributed by atoms with Crippen molar-refractivity contribution in [2.24, 2.45) is 0 Å². The highest BCUT2D eigenvalue weighted by atomic mass is 79.9. The molecule has 2 aromatic carbocycles. The average molecular weight is 521 g/mol. The molecule has 33 heavy (non-hydrogen) atoms. The largest absolute Gasteiger partial charge is 0.493 e. The van der Waals surface area contributed by atoms with Crippen LogP contribution >= 0.6 is 28.7 Å². The van der Waals surface area contributed by atoms with Gasteiger partial charge in [-0.2, -0.15) is 10.4 Å². The van der Waals surface area contributed by atoms with Gasteiger partial charge in [0.05, 0.1) is 36.7 Å². The second-order valence-electron chi connectivity index (χ2n) is 7.20. The van der Waals surface area contributed by atoms with Crippen molar-refractivity contribution in [3.8, 4) is 28.8 Å².